The number of aryl methyl sites for hydroxylation is 1. The molecule has 2 aromatic carbocycles. The van der Waals surface area contributed by atoms with Crippen molar-refractivity contribution in [1.29, 1.82) is 0 Å². The van der Waals surface area contributed by atoms with Crippen LogP contribution < -0.4 is 4.74 Å². The van der Waals surface area contributed by atoms with Gasteiger partial charge in [-0.05, 0) is 42.3 Å². The molecule has 21 heavy (non-hydrogen) atoms. The number of rotatable bonds is 6. The third kappa shape index (κ3) is 4.97. The first-order valence-electron chi connectivity index (χ1n) is 6.69. The fourth-order valence-electron chi connectivity index (χ4n) is 1.95. The molecule has 0 aliphatic rings. The van der Waals surface area contributed by atoms with E-state index in [1.165, 1.54) is 12.1 Å². The third-order valence-electron chi connectivity index (χ3n) is 3.04. The molecular formula is C17H16BrFO2. The average molecular weight is 351 g/mol. The summed E-state index contributed by atoms with van der Waals surface area (Å²) < 4.78 is 19.1. The van der Waals surface area contributed by atoms with Gasteiger partial charge in [0.2, 0.25) is 0 Å². The molecule has 0 aliphatic carbocycles. The minimum atomic E-state index is -0.319. The molecule has 0 amide bonds. The lowest BCUT2D eigenvalue weighted by Gasteiger charge is -2.07. The summed E-state index contributed by atoms with van der Waals surface area (Å²) in [7, 11) is 0. The number of ether oxygens (including phenoxy) is 1. The quantitative estimate of drug-likeness (QED) is 0.767. The van der Waals surface area contributed by atoms with E-state index in [4.69, 9.17) is 4.74 Å². The maximum absolute atomic E-state index is 13.0. The Morgan fingerprint density at radius 2 is 2.05 bits per heavy atom. The van der Waals surface area contributed by atoms with E-state index < -0.39 is 0 Å². The number of halogens is 2. The standard InChI is InChI=1S/C17H16BrFO2/c1-12-3-2-4-16(9-12)21-8-7-15(20)10-13-5-6-14(19)11-17(13)18/h2-6,9,11H,7-8,10H2,1H3. The number of Topliss-reactive ketones (excluding diaryl/α,β-unsaturated/α-hetero) is 1. The van der Waals surface area contributed by atoms with Crippen molar-refractivity contribution in [2.24, 2.45) is 0 Å². The highest BCUT2D eigenvalue weighted by atomic mass is 79.9. The van der Waals surface area contributed by atoms with Gasteiger partial charge in [-0.25, -0.2) is 4.39 Å². The van der Waals surface area contributed by atoms with E-state index in [1.54, 1.807) is 6.07 Å². The van der Waals surface area contributed by atoms with Crippen molar-refractivity contribution in [2.75, 3.05) is 6.61 Å². The highest BCUT2D eigenvalue weighted by Crippen LogP contribution is 2.19. The second kappa shape index (κ2) is 7.36. The van der Waals surface area contributed by atoms with Gasteiger partial charge in [-0.15, -0.1) is 0 Å². The van der Waals surface area contributed by atoms with Gasteiger partial charge >= 0.3 is 0 Å². The van der Waals surface area contributed by atoms with Crippen molar-refractivity contribution in [3.05, 3.63) is 63.9 Å². The third-order valence-corrected chi connectivity index (χ3v) is 3.78. The highest BCUT2D eigenvalue weighted by molar-refractivity contribution is 9.10. The predicted octanol–water partition coefficient (Wildman–Crippen LogP) is 4.48. The Morgan fingerprint density at radius 3 is 2.76 bits per heavy atom. The number of benzene rings is 2. The predicted molar refractivity (Wildman–Crippen MR) is 84.1 cm³/mol. The lowest BCUT2D eigenvalue weighted by atomic mass is 10.1. The molecule has 0 unspecified atom stereocenters. The summed E-state index contributed by atoms with van der Waals surface area (Å²) in [5.41, 5.74) is 1.91. The molecule has 0 fully saturated rings. The van der Waals surface area contributed by atoms with Crippen molar-refractivity contribution in [3.63, 3.8) is 0 Å². The number of hydrogen-bond donors (Lipinski definition) is 0. The summed E-state index contributed by atoms with van der Waals surface area (Å²) in [6.45, 7) is 2.34. The first kappa shape index (κ1) is 15.7. The summed E-state index contributed by atoms with van der Waals surface area (Å²) in [4.78, 5) is 11.9. The Kier molecular flexibility index (Phi) is 5.51. The van der Waals surface area contributed by atoms with Crippen LogP contribution in [0.5, 0.6) is 5.75 Å². The van der Waals surface area contributed by atoms with Crippen LogP contribution in [0.4, 0.5) is 4.39 Å². The van der Waals surface area contributed by atoms with Crippen molar-refractivity contribution in [2.45, 2.75) is 19.8 Å². The zero-order valence-electron chi connectivity index (χ0n) is 11.7. The molecule has 0 saturated heterocycles. The van der Waals surface area contributed by atoms with Crippen molar-refractivity contribution in [1.82, 2.24) is 0 Å². The maximum Gasteiger partial charge on any atom is 0.140 e. The van der Waals surface area contributed by atoms with Crippen LogP contribution in [0.3, 0.4) is 0 Å². The topological polar surface area (TPSA) is 26.3 Å². The second-order valence-corrected chi connectivity index (χ2v) is 5.72. The molecule has 2 nitrogen and oxygen atoms in total. The van der Waals surface area contributed by atoms with Gasteiger partial charge in [-0.3, -0.25) is 4.79 Å². The van der Waals surface area contributed by atoms with E-state index in [1.807, 2.05) is 31.2 Å². The molecule has 0 heterocycles. The molecular weight excluding hydrogens is 335 g/mol. The molecule has 2 aromatic rings. The van der Waals surface area contributed by atoms with Gasteiger partial charge in [-0.2, -0.15) is 0 Å². The summed E-state index contributed by atoms with van der Waals surface area (Å²) in [5.74, 6) is 0.515. The van der Waals surface area contributed by atoms with Crippen LogP contribution in [0.25, 0.3) is 0 Å². The normalized spacial score (nSPS) is 10.4. The molecule has 0 aromatic heterocycles. The second-order valence-electron chi connectivity index (χ2n) is 4.87. The largest absolute Gasteiger partial charge is 0.493 e. The van der Waals surface area contributed by atoms with Gasteiger partial charge in [0, 0.05) is 17.3 Å². The summed E-state index contributed by atoms with van der Waals surface area (Å²) in [6, 6.07) is 12.1. The fourth-order valence-corrected chi connectivity index (χ4v) is 2.44. The smallest absolute Gasteiger partial charge is 0.140 e. The van der Waals surface area contributed by atoms with Gasteiger partial charge < -0.3 is 4.74 Å². The number of hydrogen-bond acceptors (Lipinski definition) is 2. The molecule has 0 bridgehead atoms. The SMILES string of the molecule is Cc1cccc(OCCC(=O)Cc2ccc(F)cc2Br)c1. The molecule has 0 atom stereocenters. The molecule has 0 N–H and O–H groups in total. The van der Waals surface area contributed by atoms with E-state index >= 15 is 0 Å². The highest BCUT2D eigenvalue weighted by Gasteiger charge is 2.08. The van der Waals surface area contributed by atoms with Crippen LogP contribution in [-0.2, 0) is 11.2 Å². The molecule has 110 valence electrons. The monoisotopic (exact) mass is 350 g/mol. The van der Waals surface area contributed by atoms with Gasteiger partial charge in [0.1, 0.15) is 17.3 Å². The molecule has 0 saturated carbocycles. The first-order chi connectivity index (χ1) is 10.0. The Labute approximate surface area is 132 Å². The van der Waals surface area contributed by atoms with Gasteiger partial charge in [-0.1, -0.05) is 34.1 Å². The van der Waals surface area contributed by atoms with Gasteiger partial charge in [0.15, 0.2) is 0 Å². The Hall–Kier alpha value is -1.68. The molecule has 0 aliphatic heterocycles. The van der Waals surface area contributed by atoms with Crippen LogP contribution in [0.2, 0.25) is 0 Å². The number of carbonyl (C=O) groups is 1. The average Bonchev–Trinajstić information content (AvgIpc) is 2.42. The van der Waals surface area contributed by atoms with Crippen LogP contribution in [0.1, 0.15) is 17.5 Å². The van der Waals surface area contributed by atoms with Crippen molar-refractivity contribution >= 4 is 21.7 Å². The van der Waals surface area contributed by atoms with E-state index in [0.29, 0.717) is 17.5 Å². The van der Waals surface area contributed by atoms with E-state index in [9.17, 15) is 9.18 Å². The van der Waals surface area contributed by atoms with Crippen LogP contribution in [-0.4, -0.2) is 12.4 Å². The summed E-state index contributed by atoms with van der Waals surface area (Å²) in [6.07, 6.45) is 0.607. The Balaban J connectivity index is 1.82. The summed E-state index contributed by atoms with van der Waals surface area (Å²) >= 11 is 3.26. The van der Waals surface area contributed by atoms with Crippen molar-refractivity contribution in [3.8, 4) is 5.75 Å². The Bertz CT molecular complexity index is 640. The number of ketones is 1. The van der Waals surface area contributed by atoms with E-state index in [0.717, 1.165) is 16.9 Å². The zero-order chi connectivity index (χ0) is 15.2. The molecule has 0 radical (unpaired) electrons. The van der Waals surface area contributed by atoms with Crippen LogP contribution in [0.15, 0.2) is 46.9 Å². The number of carbonyl (C=O) groups excluding carboxylic acids is 1. The first-order valence-corrected chi connectivity index (χ1v) is 7.49. The van der Waals surface area contributed by atoms with Gasteiger partial charge in [0.25, 0.3) is 0 Å². The van der Waals surface area contributed by atoms with Crippen LogP contribution in [0, 0.1) is 12.7 Å². The summed E-state index contributed by atoms with van der Waals surface area (Å²) in [5, 5.41) is 0. The van der Waals surface area contributed by atoms with E-state index in [-0.39, 0.29) is 18.0 Å². The van der Waals surface area contributed by atoms with E-state index in [2.05, 4.69) is 15.9 Å². The molecule has 2 rings (SSSR count). The Morgan fingerprint density at radius 1 is 1.24 bits per heavy atom. The lowest BCUT2D eigenvalue weighted by Crippen LogP contribution is -2.09. The zero-order valence-corrected chi connectivity index (χ0v) is 13.3. The molecule has 4 heteroatoms. The molecule has 0 spiro atoms. The van der Waals surface area contributed by atoms with Crippen molar-refractivity contribution < 1.29 is 13.9 Å². The minimum absolute atomic E-state index is 0.0648. The van der Waals surface area contributed by atoms with Gasteiger partial charge in [0.05, 0.1) is 6.61 Å². The maximum atomic E-state index is 13.0. The minimum Gasteiger partial charge on any atom is -0.493 e. The fraction of sp³-hybridized carbons (Fsp3) is 0.235. The lowest BCUT2D eigenvalue weighted by molar-refractivity contribution is -0.118. The van der Waals surface area contributed by atoms with Crippen LogP contribution >= 0.6 is 15.9 Å².